The van der Waals surface area contributed by atoms with E-state index in [-0.39, 0.29) is 5.41 Å². The Bertz CT molecular complexity index is 3060. The molecule has 0 fully saturated rings. The van der Waals surface area contributed by atoms with Gasteiger partial charge in [-0.05, 0) is 239 Å². The quantitative estimate of drug-likeness (QED) is 0.152. The fraction of sp³-hybridized carbons (Fsp3) is 0.311. The molecule has 0 unspecified atom stereocenters. The Balaban J connectivity index is 1.89. The first-order chi connectivity index (χ1) is 28.7. The fourth-order valence-electron chi connectivity index (χ4n) is 11.1. The van der Waals surface area contributed by atoms with Crippen LogP contribution >= 0.6 is 0 Å². The van der Waals surface area contributed by atoms with Crippen LogP contribution in [0.4, 0.5) is 0 Å². The van der Waals surface area contributed by atoms with E-state index >= 15 is 0 Å². The van der Waals surface area contributed by atoms with Gasteiger partial charge in [0.1, 0.15) is 0 Å². The molecule has 0 aliphatic carbocycles. The van der Waals surface area contributed by atoms with E-state index in [2.05, 4.69) is 203 Å². The fourth-order valence-corrected chi connectivity index (χ4v) is 11.1. The molecule has 0 radical (unpaired) electrons. The third-order valence-corrected chi connectivity index (χ3v) is 13.8. The van der Waals surface area contributed by atoms with Gasteiger partial charge in [-0.1, -0.05) is 130 Å². The zero-order valence-corrected chi connectivity index (χ0v) is 40.2. The Labute approximate surface area is 367 Å². The SMILES string of the molecule is Cc1cc(C)c(-c2c3ccc(C(C)(C)C)cc3c(-c3c(C)cc(C)cc3C)c3c(-c4c(C)cc(C)cc4C)c4ccc(C(C)C)cc4c(-c4cc(C)c(C)cc4C)c23)c(C)c1. The monoisotopic (exact) mass is 799 g/mol. The highest BCUT2D eigenvalue weighted by atomic mass is 14.3. The summed E-state index contributed by atoms with van der Waals surface area (Å²) in [5, 5.41) is 8.00. The smallest absolute Gasteiger partial charge is 0.0000980 e. The summed E-state index contributed by atoms with van der Waals surface area (Å²) in [5.41, 5.74) is 29.2. The van der Waals surface area contributed by atoms with Gasteiger partial charge >= 0.3 is 0 Å². The Hall–Kier alpha value is -5.46. The molecule has 310 valence electrons. The molecule has 0 aliphatic rings. The summed E-state index contributed by atoms with van der Waals surface area (Å²) in [6.07, 6.45) is 0. The topological polar surface area (TPSA) is 0 Å². The summed E-state index contributed by atoms with van der Waals surface area (Å²) in [7, 11) is 0. The van der Waals surface area contributed by atoms with Gasteiger partial charge in [0.2, 0.25) is 0 Å². The second-order valence-corrected chi connectivity index (χ2v) is 20.3. The lowest BCUT2D eigenvalue weighted by Crippen LogP contribution is -2.11. The largest absolute Gasteiger partial charge is 0.0587 e. The number of fused-ring (bicyclic) bond motifs is 3. The van der Waals surface area contributed by atoms with Crippen molar-refractivity contribution in [1.82, 2.24) is 0 Å². The Kier molecular flexibility index (Phi) is 10.5. The predicted molar refractivity (Wildman–Crippen MR) is 270 cm³/mol. The predicted octanol–water partition coefficient (Wildman–Crippen LogP) is 17.9. The minimum atomic E-state index is -0.0427. The van der Waals surface area contributed by atoms with Crippen LogP contribution in [-0.4, -0.2) is 0 Å². The van der Waals surface area contributed by atoms with Crippen LogP contribution in [0.15, 0.2) is 84.9 Å². The molecule has 0 heteroatoms. The standard InChI is InChI=1S/C61H66/c1-32(2)45-18-20-47-50(30-45)55(49-29-37(7)36(6)28-38(49)8)59-56(52-39(9)22-33(3)23-40(52)10)48-21-19-46(61(15,16)17)31-51(48)58(54-43(13)26-35(5)27-44(54)14)60(59)57(47)53-41(11)24-34(4)25-42(53)12/h18-32H,1-17H3. The summed E-state index contributed by atoms with van der Waals surface area (Å²) >= 11 is 0. The van der Waals surface area contributed by atoms with Crippen LogP contribution in [-0.2, 0) is 5.41 Å². The highest BCUT2D eigenvalue weighted by molar-refractivity contribution is 6.34. The second kappa shape index (κ2) is 15.2. The van der Waals surface area contributed by atoms with Crippen molar-refractivity contribution in [3.8, 4) is 44.5 Å². The third kappa shape index (κ3) is 7.01. The molecule has 0 spiro atoms. The Morgan fingerprint density at radius 2 is 0.705 bits per heavy atom. The first-order valence-electron chi connectivity index (χ1n) is 22.5. The van der Waals surface area contributed by atoms with Gasteiger partial charge in [0, 0.05) is 0 Å². The van der Waals surface area contributed by atoms with E-state index in [4.69, 9.17) is 0 Å². The molecular formula is C61H66. The maximum absolute atomic E-state index is 2.57. The van der Waals surface area contributed by atoms with Crippen molar-refractivity contribution in [3.63, 3.8) is 0 Å². The minimum absolute atomic E-state index is 0.0427. The maximum atomic E-state index is 2.57. The van der Waals surface area contributed by atoms with Crippen molar-refractivity contribution in [2.24, 2.45) is 0 Å². The van der Waals surface area contributed by atoms with Crippen molar-refractivity contribution in [1.29, 1.82) is 0 Å². The average molecular weight is 799 g/mol. The summed E-state index contributed by atoms with van der Waals surface area (Å²) in [4.78, 5) is 0. The van der Waals surface area contributed by atoms with E-state index in [1.54, 1.807) is 0 Å². The number of benzene rings is 8. The zero-order chi connectivity index (χ0) is 44.1. The van der Waals surface area contributed by atoms with Gasteiger partial charge in [0.25, 0.3) is 0 Å². The molecule has 0 amide bonds. The minimum Gasteiger partial charge on any atom is -0.0587 e. The van der Waals surface area contributed by atoms with Crippen molar-refractivity contribution in [3.05, 3.63) is 163 Å². The van der Waals surface area contributed by atoms with Crippen molar-refractivity contribution < 1.29 is 0 Å². The third-order valence-electron chi connectivity index (χ3n) is 13.8. The Morgan fingerprint density at radius 3 is 1.13 bits per heavy atom. The van der Waals surface area contributed by atoms with E-state index in [1.807, 2.05) is 0 Å². The van der Waals surface area contributed by atoms with Gasteiger partial charge in [-0.15, -0.1) is 0 Å². The molecule has 0 saturated carbocycles. The summed E-state index contributed by atoms with van der Waals surface area (Å²) < 4.78 is 0. The molecule has 0 aromatic heterocycles. The van der Waals surface area contributed by atoms with E-state index in [0.29, 0.717) is 5.92 Å². The summed E-state index contributed by atoms with van der Waals surface area (Å²) in [5.74, 6) is 0.377. The van der Waals surface area contributed by atoms with Crippen molar-refractivity contribution in [2.45, 2.75) is 129 Å². The molecule has 0 N–H and O–H groups in total. The van der Waals surface area contributed by atoms with E-state index in [9.17, 15) is 0 Å². The van der Waals surface area contributed by atoms with Crippen LogP contribution in [0.5, 0.6) is 0 Å². The molecule has 8 aromatic carbocycles. The molecular weight excluding hydrogens is 733 g/mol. The average Bonchev–Trinajstić information content (AvgIpc) is 3.15. The first kappa shape index (κ1) is 42.2. The van der Waals surface area contributed by atoms with Crippen LogP contribution in [0.1, 0.15) is 118 Å². The zero-order valence-electron chi connectivity index (χ0n) is 40.2. The lowest BCUT2D eigenvalue weighted by atomic mass is 9.73. The lowest BCUT2D eigenvalue weighted by Gasteiger charge is -2.30. The number of aryl methyl sites for hydroxylation is 12. The van der Waals surface area contributed by atoms with Gasteiger partial charge in [-0.25, -0.2) is 0 Å². The molecule has 0 bridgehead atoms. The Morgan fingerprint density at radius 1 is 0.328 bits per heavy atom. The molecule has 8 rings (SSSR count). The molecule has 0 nitrogen and oxygen atoms in total. The van der Waals surface area contributed by atoms with E-state index in [1.165, 1.54) is 155 Å². The normalized spacial score (nSPS) is 12.2. The van der Waals surface area contributed by atoms with Gasteiger partial charge in [0.05, 0.1) is 0 Å². The molecule has 61 heavy (non-hydrogen) atoms. The maximum Gasteiger partial charge on any atom is -0.0000980 e. The second-order valence-electron chi connectivity index (χ2n) is 20.3. The van der Waals surface area contributed by atoms with Crippen LogP contribution in [0.2, 0.25) is 0 Å². The highest BCUT2D eigenvalue weighted by Crippen LogP contribution is 2.57. The number of hydrogen-bond donors (Lipinski definition) is 0. The molecule has 8 aromatic rings. The van der Waals surface area contributed by atoms with Gasteiger partial charge in [0.15, 0.2) is 0 Å². The highest BCUT2D eigenvalue weighted by Gasteiger charge is 2.31. The van der Waals surface area contributed by atoms with Crippen molar-refractivity contribution in [2.75, 3.05) is 0 Å². The van der Waals surface area contributed by atoms with Crippen LogP contribution in [0, 0.1) is 83.1 Å². The van der Waals surface area contributed by atoms with E-state index < -0.39 is 0 Å². The van der Waals surface area contributed by atoms with Gasteiger partial charge < -0.3 is 0 Å². The summed E-state index contributed by atoms with van der Waals surface area (Å²) in [6.45, 7) is 39.4. The van der Waals surface area contributed by atoms with Crippen molar-refractivity contribution >= 4 is 32.3 Å². The molecule has 0 heterocycles. The van der Waals surface area contributed by atoms with Gasteiger partial charge in [-0.2, -0.15) is 0 Å². The van der Waals surface area contributed by atoms with Crippen LogP contribution in [0.3, 0.4) is 0 Å². The first-order valence-corrected chi connectivity index (χ1v) is 22.5. The number of hydrogen-bond acceptors (Lipinski definition) is 0. The molecule has 0 saturated heterocycles. The van der Waals surface area contributed by atoms with Gasteiger partial charge in [-0.3, -0.25) is 0 Å². The van der Waals surface area contributed by atoms with Crippen LogP contribution < -0.4 is 0 Å². The molecule has 0 aliphatic heterocycles. The van der Waals surface area contributed by atoms with Crippen LogP contribution in [0.25, 0.3) is 76.8 Å². The lowest BCUT2D eigenvalue weighted by molar-refractivity contribution is 0.591. The molecule has 0 atom stereocenters. The summed E-state index contributed by atoms with van der Waals surface area (Å²) in [6, 6.07) is 34.3. The number of rotatable bonds is 5. The van der Waals surface area contributed by atoms with E-state index in [0.717, 1.165) is 0 Å².